The molecule has 9 nitrogen and oxygen atoms in total. The molecule has 1 fully saturated rings. The number of nitrogen functional groups attached to an aromatic ring is 1. The lowest BCUT2D eigenvalue weighted by Gasteiger charge is -2.35. The van der Waals surface area contributed by atoms with E-state index in [0.717, 1.165) is 10.0 Å². The summed E-state index contributed by atoms with van der Waals surface area (Å²) in [5.74, 6) is -0.493. The van der Waals surface area contributed by atoms with Crippen LogP contribution < -0.4 is 11.1 Å². The number of carbonyl (C=O) groups is 2. The van der Waals surface area contributed by atoms with E-state index in [1.807, 2.05) is 20.8 Å². The van der Waals surface area contributed by atoms with E-state index in [0.29, 0.717) is 49.0 Å². The molecule has 1 saturated heterocycles. The van der Waals surface area contributed by atoms with Crippen LogP contribution >= 0.6 is 27.5 Å². The largest absolute Gasteiger partial charge is 0.444 e. The second-order valence-corrected chi connectivity index (χ2v) is 13.6. The van der Waals surface area contributed by atoms with Crippen LogP contribution in [-0.4, -0.2) is 67.8 Å². The number of nitrogens with two attached hydrogens (primary N) is 1. The fraction of sp³-hybridized carbons (Fsp3) is 0.462. The van der Waals surface area contributed by atoms with Gasteiger partial charge in [0.05, 0.1) is 16.2 Å². The van der Waals surface area contributed by atoms with Gasteiger partial charge in [-0.1, -0.05) is 34.5 Å². The summed E-state index contributed by atoms with van der Waals surface area (Å²) in [4.78, 5) is 29.3. The highest BCUT2D eigenvalue weighted by Crippen LogP contribution is 2.27. The van der Waals surface area contributed by atoms with Gasteiger partial charge in [-0.15, -0.1) is 0 Å². The molecule has 208 valence electrons. The number of rotatable bonds is 7. The standard InChI is InChI=1S/C26H34BrClN4O5S/c1-5-38(35,36)23-7-6-19(28)12-17(23)15-30-24(33)20-14-21(27)18(13-22(20)29)16-31-8-10-32(11-9-31)25(34)37-26(2,3)4/h6-7,12-14H,5,8-11,15-16,29H2,1-4H3,(H,30,33). The van der Waals surface area contributed by atoms with Crippen molar-refractivity contribution < 1.29 is 22.7 Å². The predicted octanol–water partition coefficient (Wildman–Crippen LogP) is 4.46. The lowest BCUT2D eigenvalue weighted by Crippen LogP contribution is -2.49. The summed E-state index contributed by atoms with van der Waals surface area (Å²) in [5, 5.41) is 3.13. The summed E-state index contributed by atoms with van der Waals surface area (Å²) >= 11 is 9.63. The third kappa shape index (κ3) is 7.84. The van der Waals surface area contributed by atoms with Gasteiger partial charge >= 0.3 is 6.09 Å². The molecule has 2 amide bonds. The van der Waals surface area contributed by atoms with E-state index in [1.54, 1.807) is 24.0 Å². The molecule has 38 heavy (non-hydrogen) atoms. The molecule has 0 bridgehead atoms. The lowest BCUT2D eigenvalue weighted by atomic mass is 10.1. The van der Waals surface area contributed by atoms with Crippen molar-refractivity contribution in [2.24, 2.45) is 0 Å². The number of amides is 2. The van der Waals surface area contributed by atoms with E-state index in [4.69, 9.17) is 22.1 Å². The highest BCUT2D eigenvalue weighted by molar-refractivity contribution is 9.10. The predicted molar refractivity (Wildman–Crippen MR) is 152 cm³/mol. The minimum Gasteiger partial charge on any atom is -0.444 e. The first-order chi connectivity index (χ1) is 17.7. The fourth-order valence-electron chi connectivity index (χ4n) is 4.03. The Morgan fingerprint density at radius 1 is 1.11 bits per heavy atom. The van der Waals surface area contributed by atoms with Crippen LogP contribution in [0.15, 0.2) is 39.7 Å². The van der Waals surface area contributed by atoms with E-state index in [9.17, 15) is 18.0 Å². The van der Waals surface area contributed by atoms with E-state index in [2.05, 4.69) is 26.1 Å². The molecule has 0 atom stereocenters. The number of hydrogen-bond acceptors (Lipinski definition) is 7. The van der Waals surface area contributed by atoms with Gasteiger partial charge in [-0.2, -0.15) is 0 Å². The van der Waals surface area contributed by atoms with Crippen LogP contribution in [0.1, 0.15) is 49.2 Å². The van der Waals surface area contributed by atoms with Gasteiger partial charge < -0.3 is 20.7 Å². The van der Waals surface area contributed by atoms with Gasteiger partial charge in [-0.05, 0) is 62.2 Å². The van der Waals surface area contributed by atoms with Gasteiger partial charge in [0.25, 0.3) is 5.91 Å². The minimum atomic E-state index is -3.48. The number of nitrogens with one attached hydrogen (secondary N) is 1. The molecular weight excluding hydrogens is 596 g/mol. The second kappa shape index (κ2) is 12.2. The first-order valence-corrected chi connectivity index (χ1v) is 15.1. The Kier molecular flexibility index (Phi) is 9.72. The third-order valence-electron chi connectivity index (χ3n) is 6.06. The zero-order valence-corrected chi connectivity index (χ0v) is 25.2. The quantitative estimate of drug-likeness (QED) is 0.434. The van der Waals surface area contributed by atoms with Gasteiger partial charge in [0.2, 0.25) is 0 Å². The molecular formula is C26H34BrClN4O5S. The molecule has 2 aromatic rings. The zero-order valence-electron chi connectivity index (χ0n) is 22.0. The molecule has 2 aromatic carbocycles. The maximum atomic E-state index is 13.0. The number of benzene rings is 2. The average molecular weight is 630 g/mol. The average Bonchev–Trinajstić information content (AvgIpc) is 2.83. The molecule has 0 radical (unpaired) electrons. The van der Waals surface area contributed by atoms with E-state index in [-0.39, 0.29) is 28.8 Å². The van der Waals surface area contributed by atoms with Gasteiger partial charge in [0.15, 0.2) is 9.84 Å². The van der Waals surface area contributed by atoms with E-state index >= 15 is 0 Å². The molecule has 0 spiro atoms. The van der Waals surface area contributed by atoms with Gasteiger partial charge in [0, 0.05) is 54.5 Å². The number of sulfone groups is 1. The molecule has 0 unspecified atom stereocenters. The van der Waals surface area contributed by atoms with Crippen molar-refractivity contribution in [2.45, 2.75) is 51.3 Å². The molecule has 0 saturated carbocycles. The number of hydrogen-bond donors (Lipinski definition) is 2. The lowest BCUT2D eigenvalue weighted by molar-refractivity contribution is 0.0139. The van der Waals surface area contributed by atoms with Crippen molar-refractivity contribution in [1.29, 1.82) is 0 Å². The topological polar surface area (TPSA) is 122 Å². The normalized spacial score (nSPS) is 14.8. The number of nitrogens with zero attached hydrogens (tertiary/aromatic N) is 2. The molecule has 0 aromatic heterocycles. The fourth-order valence-corrected chi connectivity index (χ4v) is 5.81. The molecule has 12 heteroatoms. The first-order valence-electron chi connectivity index (χ1n) is 12.3. The Morgan fingerprint density at radius 3 is 2.37 bits per heavy atom. The Hall–Kier alpha value is -2.34. The van der Waals surface area contributed by atoms with Gasteiger partial charge in [-0.3, -0.25) is 9.69 Å². The first kappa shape index (κ1) is 30.2. The summed E-state index contributed by atoms with van der Waals surface area (Å²) in [6, 6.07) is 7.93. The van der Waals surface area contributed by atoms with E-state index < -0.39 is 21.3 Å². The number of ether oxygens (including phenoxy) is 1. The molecule has 3 rings (SSSR count). The van der Waals surface area contributed by atoms with Crippen LogP contribution in [0, 0.1) is 0 Å². The number of piperazine rings is 1. The monoisotopic (exact) mass is 628 g/mol. The van der Waals surface area contributed by atoms with Crippen LogP contribution in [0.4, 0.5) is 10.5 Å². The zero-order chi connectivity index (χ0) is 28.3. The van der Waals surface area contributed by atoms with Crippen LogP contribution in [-0.2, 0) is 27.7 Å². The smallest absolute Gasteiger partial charge is 0.410 e. The van der Waals surface area contributed by atoms with Crippen molar-refractivity contribution in [3.05, 3.63) is 56.5 Å². The Labute approximate surface area is 237 Å². The van der Waals surface area contributed by atoms with Crippen molar-refractivity contribution >= 4 is 55.1 Å². The van der Waals surface area contributed by atoms with Crippen LogP contribution in [0.3, 0.4) is 0 Å². The Morgan fingerprint density at radius 2 is 1.76 bits per heavy atom. The number of halogens is 2. The van der Waals surface area contributed by atoms with Gasteiger partial charge in [0.1, 0.15) is 5.60 Å². The Bertz CT molecular complexity index is 1310. The second-order valence-electron chi connectivity index (χ2n) is 10.1. The Balaban J connectivity index is 1.64. The summed E-state index contributed by atoms with van der Waals surface area (Å²) in [5.41, 5.74) is 7.61. The maximum absolute atomic E-state index is 13.0. The van der Waals surface area contributed by atoms with Crippen molar-refractivity contribution in [1.82, 2.24) is 15.1 Å². The van der Waals surface area contributed by atoms with Crippen LogP contribution in [0.25, 0.3) is 0 Å². The van der Waals surface area contributed by atoms with Gasteiger partial charge in [-0.25, -0.2) is 13.2 Å². The summed E-state index contributed by atoms with van der Waals surface area (Å²) < 4.78 is 31.1. The van der Waals surface area contributed by atoms with Crippen LogP contribution in [0.5, 0.6) is 0 Å². The highest BCUT2D eigenvalue weighted by Gasteiger charge is 2.26. The molecule has 1 heterocycles. The number of anilines is 1. The van der Waals surface area contributed by atoms with Crippen LogP contribution in [0.2, 0.25) is 5.02 Å². The SMILES string of the molecule is CCS(=O)(=O)c1ccc(Cl)cc1CNC(=O)c1cc(Br)c(CN2CCN(C(=O)OC(C)(C)C)CC2)cc1N. The molecule has 1 aliphatic heterocycles. The highest BCUT2D eigenvalue weighted by atomic mass is 79.9. The molecule has 0 aliphatic carbocycles. The molecule has 1 aliphatic rings. The third-order valence-corrected chi connectivity index (χ3v) is 8.86. The summed E-state index contributed by atoms with van der Waals surface area (Å²) in [6.45, 7) is 10.1. The minimum absolute atomic E-state index is 0.0192. The van der Waals surface area contributed by atoms with E-state index in [1.165, 1.54) is 18.2 Å². The number of carbonyl (C=O) groups excluding carboxylic acids is 2. The molecule has 3 N–H and O–H groups in total. The van der Waals surface area contributed by atoms with Crippen molar-refractivity contribution in [3.63, 3.8) is 0 Å². The maximum Gasteiger partial charge on any atom is 0.410 e. The van der Waals surface area contributed by atoms with Crippen molar-refractivity contribution in [3.8, 4) is 0 Å². The summed E-state index contributed by atoms with van der Waals surface area (Å²) in [7, 11) is -3.48. The summed E-state index contributed by atoms with van der Waals surface area (Å²) in [6.07, 6.45) is -0.310. The van der Waals surface area contributed by atoms with Crippen molar-refractivity contribution in [2.75, 3.05) is 37.7 Å².